The highest BCUT2D eigenvalue weighted by Gasteiger charge is 2.25. The minimum Gasteiger partial charge on any atom is -0.345 e. The molecule has 2 aromatic heterocycles. The summed E-state index contributed by atoms with van der Waals surface area (Å²) in [6.45, 7) is 0.185. The fraction of sp³-hybridized carbons (Fsp3) is 0.211. The van der Waals surface area contributed by atoms with Crippen molar-refractivity contribution in [2.24, 2.45) is 0 Å². The molecule has 1 aromatic carbocycles. The molecule has 1 fully saturated rings. The van der Waals surface area contributed by atoms with E-state index < -0.39 is 17.2 Å². The summed E-state index contributed by atoms with van der Waals surface area (Å²) >= 11 is 0. The minimum atomic E-state index is -0.670. The van der Waals surface area contributed by atoms with Crippen LogP contribution in [0.3, 0.4) is 0 Å². The SMILES string of the molecule is O=C(NCc1cc(C2CC2)ncn1)c1cc(=O)n(-c2ccccc2)c(=O)[nH]1. The van der Waals surface area contributed by atoms with Gasteiger partial charge in [-0.2, -0.15) is 0 Å². The zero-order chi connectivity index (χ0) is 18.8. The van der Waals surface area contributed by atoms with E-state index in [-0.39, 0.29) is 12.2 Å². The van der Waals surface area contributed by atoms with Crippen molar-refractivity contribution in [3.8, 4) is 5.69 Å². The molecule has 1 amide bonds. The van der Waals surface area contributed by atoms with Gasteiger partial charge in [-0.25, -0.2) is 19.3 Å². The van der Waals surface area contributed by atoms with E-state index in [0.29, 0.717) is 17.3 Å². The van der Waals surface area contributed by atoms with E-state index in [1.165, 1.54) is 6.33 Å². The Kier molecular flexibility index (Phi) is 4.37. The molecule has 0 atom stereocenters. The van der Waals surface area contributed by atoms with E-state index in [0.717, 1.165) is 29.2 Å². The fourth-order valence-electron chi connectivity index (χ4n) is 2.82. The molecule has 1 saturated carbocycles. The molecule has 0 unspecified atom stereocenters. The first-order valence-corrected chi connectivity index (χ1v) is 8.62. The lowest BCUT2D eigenvalue weighted by Crippen LogP contribution is -2.37. The first-order chi connectivity index (χ1) is 13.1. The predicted octanol–water partition coefficient (Wildman–Crippen LogP) is 1.12. The third-order valence-electron chi connectivity index (χ3n) is 4.36. The number of rotatable bonds is 5. The maximum Gasteiger partial charge on any atom is 0.333 e. The molecule has 0 aliphatic heterocycles. The summed E-state index contributed by atoms with van der Waals surface area (Å²) in [6.07, 6.45) is 3.74. The number of carbonyl (C=O) groups is 1. The number of amides is 1. The zero-order valence-corrected chi connectivity index (χ0v) is 14.4. The number of carbonyl (C=O) groups excluding carboxylic acids is 1. The number of nitrogens with zero attached hydrogens (tertiary/aromatic N) is 3. The molecule has 136 valence electrons. The Hall–Kier alpha value is -3.55. The van der Waals surface area contributed by atoms with Crippen LogP contribution in [0.25, 0.3) is 5.69 Å². The van der Waals surface area contributed by atoms with Crippen LogP contribution in [0.4, 0.5) is 0 Å². The van der Waals surface area contributed by atoms with E-state index in [4.69, 9.17) is 0 Å². The maximum absolute atomic E-state index is 12.3. The normalized spacial score (nSPS) is 13.3. The van der Waals surface area contributed by atoms with Crippen molar-refractivity contribution in [2.75, 3.05) is 0 Å². The van der Waals surface area contributed by atoms with E-state index in [1.54, 1.807) is 30.3 Å². The average molecular weight is 363 g/mol. The van der Waals surface area contributed by atoms with Gasteiger partial charge in [0.1, 0.15) is 12.0 Å². The minimum absolute atomic E-state index is 0.0892. The molecular weight excluding hydrogens is 346 g/mol. The van der Waals surface area contributed by atoms with Crippen molar-refractivity contribution in [1.29, 1.82) is 0 Å². The van der Waals surface area contributed by atoms with Crippen LogP contribution in [-0.2, 0) is 6.54 Å². The smallest absolute Gasteiger partial charge is 0.333 e. The molecule has 8 nitrogen and oxygen atoms in total. The molecule has 0 saturated heterocycles. The molecule has 2 heterocycles. The monoisotopic (exact) mass is 363 g/mol. The Morgan fingerprint density at radius 2 is 1.93 bits per heavy atom. The topological polar surface area (TPSA) is 110 Å². The third kappa shape index (κ3) is 3.69. The number of benzene rings is 1. The van der Waals surface area contributed by atoms with Crippen molar-refractivity contribution < 1.29 is 4.79 Å². The van der Waals surface area contributed by atoms with Crippen molar-refractivity contribution >= 4 is 5.91 Å². The lowest BCUT2D eigenvalue weighted by atomic mass is 10.2. The van der Waals surface area contributed by atoms with E-state index in [9.17, 15) is 14.4 Å². The Balaban J connectivity index is 1.51. The third-order valence-corrected chi connectivity index (χ3v) is 4.36. The Labute approximate surface area is 153 Å². The summed E-state index contributed by atoms with van der Waals surface area (Å²) < 4.78 is 0.975. The van der Waals surface area contributed by atoms with Gasteiger partial charge in [0, 0.05) is 17.7 Å². The summed E-state index contributed by atoms with van der Waals surface area (Å²) in [5, 5.41) is 2.67. The number of para-hydroxylation sites is 1. The summed E-state index contributed by atoms with van der Waals surface area (Å²) in [5.41, 5.74) is 0.761. The van der Waals surface area contributed by atoms with Gasteiger partial charge in [-0.1, -0.05) is 18.2 Å². The second-order valence-electron chi connectivity index (χ2n) is 6.39. The molecule has 3 aromatic rings. The van der Waals surface area contributed by atoms with Crippen LogP contribution in [0.15, 0.2) is 58.4 Å². The largest absolute Gasteiger partial charge is 0.345 e. The van der Waals surface area contributed by atoms with Gasteiger partial charge in [0.25, 0.3) is 11.5 Å². The zero-order valence-electron chi connectivity index (χ0n) is 14.4. The highest BCUT2D eigenvalue weighted by Crippen LogP contribution is 2.38. The Bertz CT molecular complexity index is 1070. The van der Waals surface area contributed by atoms with E-state index >= 15 is 0 Å². The lowest BCUT2D eigenvalue weighted by molar-refractivity contribution is 0.0944. The van der Waals surface area contributed by atoms with Crippen LogP contribution in [0, 0.1) is 0 Å². The van der Waals surface area contributed by atoms with Crippen LogP contribution in [0.1, 0.15) is 40.6 Å². The quantitative estimate of drug-likeness (QED) is 0.706. The molecule has 4 rings (SSSR count). The summed E-state index contributed by atoms with van der Waals surface area (Å²) in [5.74, 6) is -0.0552. The van der Waals surface area contributed by atoms with Gasteiger partial charge >= 0.3 is 5.69 Å². The van der Waals surface area contributed by atoms with Gasteiger partial charge in [0.15, 0.2) is 0 Å². The molecule has 0 spiro atoms. The highest BCUT2D eigenvalue weighted by atomic mass is 16.2. The van der Waals surface area contributed by atoms with E-state index in [2.05, 4.69) is 20.3 Å². The molecule has 8 heteroatoms. The predicted molar refractivity (Wildman–Crippen MR) is 97.8 cm³/mol. The first kappa shape index (κ1) is 16.9. The number of aromatic nitrogens is 4. The molecule has 1 aliphatic carbocycles. The summed E-state index contributed by atoms with van der Waals surface area (Å²) in [4.78, 5) is 47.7. The van der Waals surface area contributed by atoms with Crippen LogP contribution < -0.4 is 16.6 Å². The van der Waals surface area contributed by atoms with Gasteiger partial charge in [-0.15, -0.1) is 0 Å². The molecule has 0 radical (unpaired) electrons. The van der Waals surface area contributed by atoms with Crippen molar-refractivity contribution in [2.45, 2.75) is 25.3 Å². The average Bonchev–Trinajstić information content (AvgIpc) is 3.52. The Morgan fingerprint density at radius 1 is 1.15 bits per heavy atom. The number of nitrogens with one attached hydrogen (secondary N) is 2. The summed E-state index contributed by atoms with van der Waals surface area (Å²) in [6, 6.07) is 11.5. The van der Waals surface area contributed by atoms with Gasteiger partial charge in [-0.3, -0.25) is 9.59 Å². The molecular formula is C19H17N5O3. The number of hydrogen-bond acceptors (Lipinski definition) is 5. The van der Waals surface area contributed by atoms with Crippen LogP contribution in [0.2, 0.25) is 0 Å². The van der Waals surface area contributed by atoms with Gasteiger partial charge < -0.3 is 10.3 Å². The molecule has 0 bridgehead atoms. The Morgan fingerprint density at radius 3 is 2.63 bits per heavy atom. The van der Waals surface area contributed by atoms with Crippen LogP contribution in [0.5, 0.6) is 0 Å². The maximum atomic E-state index is 12.3. The molecule has 1 aliphatic rings. The van der Waals surface area contributed by atoms with Gasteiger partial charge in [-0.05, 0) is 31.0 Å². The van der Waals surface area contributed by atoms with Crippen molar-refractivity contribution in [3.63, 3.8) is 0 Å². The second-order valence-corrected chi connectivity index (χ2v) is 6.39. The summed E-state index contributed by atoms with van der Waals surface area (Å²) in [7, 11) is 0. The molecule has 2 N–H and O–H groups in total. The van der Waals surface area contributed by atoms with Crippen LogP contribution >= 0.6 is 0 Å². The number of aromatic amines is 1. The van der Waals surface area contributed by atoms with Gasteiger partial charge in [0.05, 0.1) is 17.9 Å². The second kappa shape index (κ2) is 6.99. The van der Waals surface area contributed by atoms with Gasteiger partial charge in [0.2, 0.25) is 0 Å². The van der Waals surface area contributed by atoms with E-state index in [1.807, 2.05) is 6.07 Å². The first-order valence-electron chi connectivity index (χ1n) is 8.62. The molecule has 27 heavy (non-hydrogen) atoms. The number of H-pyrrole nitrogens is 1. The van der Waals surface area contributed by atoms with Crippen LogP contribution in [-0.4, -0.2) is 25.4 Å². The fourth-order valence-corrected chi connectivity index (χ4v) is 2.82. The van der Waals surface area contributed by atoms with Crippen molar-refractivity contribution in [3.05, 3.63) is 86.7 Å². The lowest BCUT2D eigenvalue weighted by Gasteiger charge is -2.08. The standard InChI is InChI=1S/C19H17N5O3/c25-17-9-16(23-19(27)24(17)14-4-2-1-3-5-14)18(26)20-10-13-8-15(12-6-7-12)22-11-21-13/h1-5,8-9,11-12H,6-7,10H2,(H,20,26)(H,23,27). The number of hydrogen-bond donors (Lipinski definition) is 2. The highest BCUT2D eigenvalue weighted by molar-refractivity contribution is 5.92. The van der Waals surface area contributed by atoms with Crippen molar-refractivity contribution in [1.82, 2.24) is 24.8 Å².